The van der Waals surface area contributed by atoms with Crippen LogP contribution in [0.5, 0.6) is 0 Å². The highest BCUT2D eigenvalue weighted by Gasteiger charge is 2.25. The Morgan fingerprint density at radius 3 is 2.33 bits per heavy atom. The van der Waals surface area contributed by atoms with Crippen molar-refractivity contribution in [3.8, 4) is 0 Å². The molecule has 3 heteroatoms. The maximum absolute atomic E-state index is 5.97. The van der Waals surface area contributed by atoms with E-state index in [0.29, 0.717) is 14.7 Å². The van der Waals surface area contributed by atoms with Crippen LogP contribution < -0.4 is 0 Å². The molecular formula is C6H9Cl2I. The average Bonchev–Trinajstić information content (AvgIpc) is 1.80. The molecule has 0 aromatic heterocycles. The van der Waals surface area contributed by atoms with Crippen LogP contribution in [-0.2, 0) is 0 Å². The van der Waals surface area contributed by atoms with Gasteiger partial charge in [-0.2, -0.15) is 0 Å². The van der Waals surface area contributed by atoms with Gasteiger partial charge in [0.25, 0.3) is 0 Å². The van der Waals surface area contributed by atoms with Gasteiger partial charge < -0.3 is 0 Å². The van der Waals surface area contributed by atoms with Crippen molar-refractivity contribution in [1.29, 1.82) is 0 Å². The molecule has 1 saturated carbocycles. The van der Waals surface area contributed by atoms with Crippen molar-refractivity contribution in [3.63, 3.8) is 0 Å². The van der Waals surface area contributed by atoms with E-state index in [2.05, 4.69) is 22.6 Å². The topological polar surface area (TPSA) is 0 Å². The number of halogens is 3. The smallest absolute Gasteiger partial charge is 0.0454 e. The van der Waals surface area contributed by atoms with E-state index in [1.165, 1.54) is 0 Å². The predicted octanol–water partition coefficient (Wildman–Crippen LogP) is 3.19. The van der Waals surface area contributed by atoms with E-state index in [1.807, 2.05) is 0 Å². The third kappa shape index (κ3) is 2.43. The summed E-state index contributed by atoms with van der Waals surface area (Å²) in [6.07, 6.45) is 3.26. The molecule has 1 rings (SSSR count). The molecule has 1 aliphatic rings. The second-order valence-corrected chi connectivity index (χ2v) is 5.22. The van der Waals surface area contributed by atoms with E-state index in [0.717, 1.165) is 19.3 Å². The fraction of sp³-hybridized carbons (Fsp3) is 1.00. The molecule has 0 radical (unpaired) electrons. The van der Waals surface area contributed by atoms with Crippen LogP contribution in [0.3, 0.4) is 0 Å². The Morgan fingerprint density at radius 1 is 1.22 bits per heavy atom. The van der Waals surface area contributed by atoms with Crippen LogP contribution in [0.4, 0.5) is 0 Å². The fourth-order valence-corrected chi connectivity index (χ4v) is 2.85. The normalized spacial score (nSPS) is 45.0. The van der Waals surface area contributed by atoms with E-state index in [9.17, 15) is 0 Å². The van der Waals surface area contributed by atoms with E-state index in [-0.39, 0.29) is 0 Å². The largest absolute Gasteiger partial charge is 0.123 e. The second-order valence-electron chi connectivity index (χ2n) is 2.44. The molecule has 0 saturated heterocycles. The average molecular weight is 279 g/mol. The zero-order valence-electron chi connectivity index (χ0n) is 4.99. The molecule has 0 amide bonds. The van der Waals surface area contributed by atoms with E-state index in [1.54, 1.807) is 0 Å². The summed E-state index contributed by atoms with van der Waals surface area (Å²) in [7, 11) is 0. The van der Waals surface area contributed by atoms with Crippen LogP contribution >= 0.6 is 45.8 Å². The van der Waals surface area contributed by atoms with Crippen LogP contribution in [-0.4, -0.2) is 14.7 Å². The predicted molar refractivity (Wildman–Crippen MR) is 50.9 cm³/mol. The minimum Gasteiger partial charge on any atom is -0.123 e. The highest BCUT2D eigenvalue weighted by Crippen LogP contribution is 2.31. The number of rotatable bonds is 0. The van der Waals surface area contributed by atoms with Crippen molar-refractivity contribution in [1.82, 2.24) is 0 Å². The molecule has 9 heavy (non-hydrogen) atoms. The monoisotopic (exact) mass is 278 g/mol. The van der Waals surface area contributed by atoms with Crippen molar-refractivity contribution in [3.05, 3.63) is 0 Å². The Labute approximate surface area is 79.4 Å². The lowest BCUT2D eigenvalue weighted by atomic mass is 10.00. The van der Waals surface area contributed by atoms with Gasteiger partial charge in [-0.25, -0.2) is 0 Å². The standard InChI is InChI=1S/C6H9Cl2I/c7-4-1-2-5(8)6(9)3-4/h4-6H,1-3H2. The minimum absolute atomic E-state index is 0.362. The summed E-state index contributed by atoms with van der Waals surface area (Å²) in [5.41, 5.74) is 0. The molecule has 0 aliphatic heterocycles. The summed E-state index contributed by atoms with van der Waals surface area (Å²) >= 11 is 14.3. The molecule has 0 heterocycles. The Morgan fingerprint density at radius 2 is 1.89 bits per heavy atom. The van der Waals surface area contributed by atoms with Gasteiger partial charge in [0.05, 0.1) is 0 Å². The second kappa shape index (κ2) is 3.63. The number of hydrogen-bond acceptors (Lipinski definition) is 0. The van der Waals surface area contributed by atoms with Gasteiger partial charge in [0.2, 0.25) is 0 Å². The molecule has 0 spiro atoms. The van der Waals surface area contributed by atoms with Gasteiger partial charge in [0.15, 0.2) is 0 Å². The summed E-state index contributed by atoms with van der Waals surface area (Å²) in [5, 5.41) is 0.738. The van der Waals surface area contributed by atoms with Crippen molar-refractivity contribution < 1.29 is 0 Å². The lowest BCUT2D eigenvalue weighted by Gasteiger charge is -2.25. The first-order chi connectivity index (χ1) is 4.20. The van der Waals surface area contributed by atoms with Crippen LogP contribution in [0.1, 0.15) is 19.3 Å². The SMILES string of the molecule is ClC1CCC(Cl)C(I)C1. The molecule has 0 nitrogen and oxygen atoms in total. The van der Waals surface area contributed by atoms with Crippen LogP contribution in [0.25, 0.3) is 0 Å². The van der Waals surface area contributed by atoms with Crippen molar-refractivity contribution in [2.24, 2.45) is 0 Å². The molecular weight excluding hydrogens is 270 g/mol. The third-order valence-corrected chi connectivity index (χ3v) is 4.35. The highest BCUT2D eigenvalue weighted by molar-refractivity contribution is 14.1. The molecule has 0 aromatic rings. The molecule has 1 aliphatic carbocycles. The van der Waals surface area contributed by atoms with Gasteiger partial charge in [-0.1, -0.05) is 22.6 Å². The fourth-order valence-electron chi connectivity index (χ4n) is 1.03. The maximum atomic E-state index is 5.97. The van der Waals surface area contributed by atoms with Gasteiger partial charge in [0, 0.05) is 14.7 Å². The van der Waals surface area contributed by atoms with Crippen LogP contribution in [0.2, 0.25) is 0 Å². The molecule has 1 fully saturated rings. The lowest BCUT2D eigenvalue weighted by molar-refractivity contribution is 0.541. The first-order valence-electron chi connectivity index (χ1n) is 3.12. The highest BCUT2D eigenvalue weighted by atomic mass is 127. The molecule has 54 valence electrons. The number of hydrogen-bond donors (Lipinski definition) is 0. The zero-order chi connectivity index (χ0) is 6.85. The van der Waals surface area contributed by atoms with Crippen molar-refractivity contribution >= 4 is 45.8 Å². The van der Waals surface area contributed by atoms with Crippen molar-refractivity contribution in [2.45, 2.75) is 33.9 Å². The summed E-state index contributed by atoms with van der Waals surface area (Å²) in [6.45, 7) is 0. The molecule has 0 aromatic carbocycles. The Hall–Kier alpha value is 1.31. The zero-order valence-corrected chi connectivity index (χ0v) is 8.66. The Kier molecular flexibility index (Phi) is 3.39. The quantitative estimate of drug-likeness (QED) is 0.472. The van der Waals surface area contributed by atoms with Crippen LogP contribution in [0.15, 0.2) is 0 Å². The molecule has 3 atom stereocenters. The van der Waals surface area contributed by atoms with Crippen molar-refractivity contribution in [2.75, 3.05) is 0 Å². The van der Waals surface area contributed by atoms with E-state index < -0.39 is 0 Å². The van der Waals surface area contributed by atoms with Gasteiger partial charge >= 0.3 is 0 Å². The summed E-state index contributed by atoms with van der Waals surface area (Å²) in [4.78, 5) is 0. The molecule has 0 bridgehead atoms. The minimum atomic E-state index is 0.362. The summed E-state index contributed by atoms with van der Waals surface area (Å²) in [5.74, 6) is 0. The summed E-state index contributed by atoms with van der Waals surface area (Å²) in [6, 6.07) is 0. The molecule has 0 N–H and O–H groups in total. The number of alkyl halides is 3. The van der Waals surface area contributed by atoms with Gasteiger partial charge in [0.1, 0.15) is 0 Å². The summed E-state index contributed by atoms with van der Waals surface area (Å²) < 4.78 is 0.584. The first kappa shape index (κ1) is 8.41. The van der Waals surface area contributed by atoms with Gasteiger partial charge in [-0.05, 0) is 19.3 Å². The maximum Gasteiger partial charge on any atom is 0.0454 e. The molecule has 3 unspecified atom stereocenters. The van der Waals surface area contributed by atoms with Gasteiger partial charge in [-0.15, -0.1) is 23.2 Å². The van der Waals surface area contributed by atoms with E-state index in [4.69, 9.17) is 23.2 Å². The van der Waals surface area contributed by atoms with Crippen LogP contribution in [0, 0.1) is 0 Å². The first-order valence-corrected chi connectivity index (χ1v) is 5.24. The third-order valence-electron chi connectivity index (χ3n) is 1.63. The Balaban J connectivity index is 2.35. The lowest BCUT2D eigenvalue weighted by Crippen LogP contribution is -2.25. The Bertz CT molecular complexity index is 97.1. The van der Waals surface area contributed by atoms with E-state index >= 15 is 0 Å². The van der Waals surface area contributed by atoms with Gasteiger partial charge in [-0.3, -0.25) is 0 Å².